The number of aromatic nitrogens is 1. The lowest BCUT2D eigenvalue weighted by atomic mass is 10.2. The highest BCUT2D eigenvalue weighted by Crippen LogP contribution is 2.35. The predicted octanol–water partition coefficient (Wildman–Crippen LogP) is 4.09. The molecule has 2 aromatic rings. The minimum atomic E-state index is -0.0170. The number of hydrogen-bond donors (Lipinski definition) is 1. The summed E-state index contributed by atoms with van der Waals surface area (Å²) in [4.78, 5) is 19.0. The van der Waals surface area contributed by atoms with Crippen LogP contribution in [0.4, 0.5) is 0 Å². The van der Waals surface area contributed by atoms with Crippen LogP contribution in [-0.4, -0.2) is 33.2 Å². The van der Waals surface area contributed by atoms with Crippen molar-refractivity contribution in [2.24, 2.45) is 0 Å². The summed E-state index contributed by atoms with van der Waals surface area (Å²) in [7, 11) is 1.80. The Kier molecular flexibility index (Phi) is 5.41. The molecule has 1 amide bonds. The summed E-state index contributed by atoms with van der Waals surface area (Å²) >= 11 is 1.74. The minimum Gasteiger partial charge on any atom is -0.508 e. The molecule has 4 nitrogen and oxygen atoms in total. The fourth-order valence-corrected chi connectivity index (χ4v) is 4.25. The van der Waals surface area contributed by atoms with Gasteiger partial charge in [0.05, 0.1) is 5.56 Å². The second-order valence-corrected chi connectivity index (χ2v) is 7.50. The first kappa shape index (κ1) is 16.8. The number of amides is 1. The smallest absolute Gasteiger partial charge is 0.256 e. The molecule has 126 valence electrons. The molecular formula is C19H22N2O2S. The molecule has 1 aromatic heterocycles. The molecule has 0 saturated heterocycles. The molecule has 0 spiro atoms. The van der Waals surface area contributed by atoms with E-state index in [1.165, 1.54) is 25.7 Å². The van der Waals surface area contributed by atoms with Crippen molar-refractivity contribution in [2.45, 2.75) is 42.5 Å². The first-order valence-corrected chi connectivity index (χ1v) is 9.16. The minimum absolute atomic E-state index is 0.0170. The Morgan fingerprint density at radius 1 is 1.25 bits per heavy atom. The van der Waals surface area contributed by atoms with Crippen molar-refractivity contribution in [3.63, 3.8) is 0 Å². The van der Waals surface area contributed by atoms with Crippen LogP contribution in [0.15, 0.2) is 47.6 Å². The van der Waals surface area contributed by atoms with E-state index >= 15 is 0 Å². The molecule has 1 aromatic carbocycles. The molecule has 3 rings (SSSR count). The van der Waals surface area contributed by atoms with Gasteiger partial charge in [0.1, 0.15) is 10.8 Å². The molecule has 0 radical (unpaired) electrons. The van der Waals surface area contributed by atoms with Gasteiger partial charge >= 0.3 is 0 Å². The van der Waals surface area contributed by atoms with Crippen molar-refractivity contribution < 1.29 is 9.90 Å². The highest BCUT2D eigenvalue weighted by atomic mass is 32.2. The lowest BCUT2D eigenvalue weighted by molar-refractivity contribution is 0.0781. The highest BCUT2D eigenvalue weighted by molar-refractivity contribution is 7.99. The molecule has 0 bridgehead atoms. The van der Waals surface area contributed by atoms with Gasteiger partial charge in [-0.05, 0) is 42.7 Å². The predicted molar refractivity (Wildman–Crippen MR) is 96.3 cm³/mol. The van der Waals surface area contributed by atoms with Crippen molar-refractivity contribution in [2.75, 3.05) is 7.05 Å². The SMILES string of the molecule is CN(Cc1ccc(O)cc1)C(=O)c1cccnc1SC1CCCC1. The number of hydrogen-bond acceptors (Lipinski definition) is 4. The second kappa shape index (κ2) is 7.71. The van der Waals surface area contributed by atoms with Crippen molar-refractivity contribution in [1.82, 2.24) is 9.88 Å². The van der Waals surface area contributed by atoms with E-state index < -0.39 is 0 Å². The lowest BCUT2D eigenvalue weighted by Gasteiger charge is -2.19. The van der Waals surface area contributed by atoms with Crippen molar-refractivity contribution in [3.8, 4) is 5.75 Å². The topological polar surface area (TPSA) is 53.4 Å². The zero-order valence-corrected chi connectivity index (χ0v) is 14.6. The molecule has 1 N–H and O–H groups in total. The molecule has 0 atom stereocenters. The van der Waals surface area contributed by atoms with Crippen LogP contribution in [0.3, 0.4) is 0 Å². The number of aromatic hydroxyl groups is 1. The van der Waals surface area contributed by atoms with E-state index in [-0.39, 0.29) is 11.7 Å². The fraction of sp³-hybridized carbons (Fsp3) is 0.368. The van der Waals surface area contributed by atoms with Gasteiger partial charge in [0.25, 0.3) is 5.91 Å². The summed E-state index contributed by atoms with van der Waals surface area (Å²) in [6, 6.07) is 10.6. The number of benzene rings is 1. The van der Waals surface area contributed by atoms with Crippen LogP contribution >= 0.6 is 11.8 Å². The van der Waals surface area contributed by atoms with Gasteiger partial charge in [-0.3, -0.25) is 4.79 Å². The van der Waals surface area contributed by atoms with Crippen molar-refractivity contribution in [3.05, 3.63) is 53.7 Å². The van der Waals surface area contributed by atoms with Crippen molar-refractivity contribution >= 4 is 17.7 Å². The zero-order valence-electron chi connectivity index (χ0n) is 13.8. The van der Waals surface area contributed by atoms with Gasteiger partial charge in [-0.15, -0.1) is 11.8 Å². The third-order valence-corrected chi connectivity index (χ3v) is 5.64. The number of thioether (sulfide) groups is 1. The third-order valence-electron chi connectivity index (χ3n) is 4.28. The van der Waals surface area contributed by atoms with E-state index in [0.29, 0.717) is 17.4 Å². The lowest BCUT2D eigenvalue weighted by Crippen LogP contribution is -2.27. The summed E-state index contributed by atoms with van der Waals surface area (Å²) in [5.74, 6) is 0.215. The number of rotatable bonds is 5. The molecule has 1 heterocycles. The number of pyridine rings is 1. The van der Waals surface area contributed by atoms with Gasteiger partial charge < -0.3 is 10.0 Å². The summed E-state index contributed by atoms with van der Waals surface area (Å²) in [6.45, 7) is 0.502. The number of phenolic OH excluding ortho intramolecular Hbond substituents is 1. The van der Waals surface area contributed by atoms with Gasteiger partial charge in [0.2, 0.25) is 0 Å². The molecule has 1 fully saturated rings. The first-order valence-electron chi connectivity index (χ1n) is 8.28. The maximum Gasteiger partial charge on any atom is 0.256 e. The Balaban J connectivity index is 1.72. The van der Waals surface area contributed by atoms with Crippen LogP contribution in [0.5, 0.6) is 5.75 Å². The Morgan fingerprint density at radius 2 is 1.96 bits per heavy atom. The maximum atomic E-state index is 12.8. The van der Waals surface area contributed by atoms with E-state index in [4.69, 9.17) is 0 Å². The Hall–Kier alpha value is -2.01. The van der Waals surface area contributed by atoms with E-state index in [1.54, 1.807) is 42.0 Å². The number of carbonyl (C=O) groups is 1. The Bertz CT molecular complexity index is 697. The average molecular weight is 342 g/mol. The Morgan fingerprint density at radius 3 is 2.67 bits per heavy atom. The molecule has 24 heavy (non-hydrogen) atoms. The van der Waals surface area contributed by atoms with E-state index in [0.717, 1.165) is 10.6 Å². The van der Waals surface area contributed by atoms with Gasteiger partial charge in [0.15, 0.2) is 0 Å². The summed E-state index contributed by atoms with van der Waals surface area (Å²) in [5, 5.41) is 10.8. The van der Waals surface area contributed by atoms with E-state index in [9.17, 15) is 9.90 Å². The molecule has 0 unspecified atom stereocenters. The van der Waals surface area contributed by atoms with Crippen LogP contribution in [0.25, 0.3) is 0 Å². The molecule has 1 aliphatic carbocycles. The standard InChI is InChI=1S/C19H22N2O2S/c1-21(13-14-8-10-15(22)11-9-14)19(23)17-7-4-12-20-18(17)24-16-5-2-3-6-16/h4,7-12,16,22H,2-3,5-6,13H2,1H3. The first-order chi connectivity index (χ1) is 11.6. The average Bonchev–Trinajstić information content (AvgIpc) is 3.10. The van der Waals surface area contributed by atoms with E-state index in [1.807, 2.05) is 24.3 Å². The van der Waals surface area contributed by atoms with Gasteiger partial charge in [-0.2, -0.15) is 0 Å². The van der Waals surface area contributed by atoms with Crippen LogP contribution in [-0.2, 0) is 6.54 Å². The maximum absolute atomic E-state index is 12.8. The zero-order chi connectivity index (χ0) is 16.9. The highest BCUT2D eigenvalue weighted by Gasteiger charge is 2.22. The Labute approximate surface area is 146 Å². The normalized spacial score (nSPS) is 14.7. The summed E-state index contributed by atoms with van der Waals surface area (Å²) < 4.78 is 0. The summed E-state index contributed by atoms with van der Waals surface area (Å²) in [5.41, 5.74) is 1.66. The van der Waals surface area contributed by atoms with Crippen LogP contribution in [0, 0.1) is 0 Å². The monoisotopic (exact) mass is 342 g/mol. The molecule has 1 aliphatic rings. The molecule has 0 aliphatic heterocycles. The quantitative estimate of drug-likeness (QED) is 0.889. The molecule has 5 heteroatoms. The van der Waals surface area contributed by atoms with E-state index in [2.05, 4.69) is 4.98 Å². The second-order valence-electron chi connectivity index (χ2n) is 6.21. The number of phenols is 1. The largest absolute Gasteiger partial charge is 0.508 e. The number of nitrogens with zero attached hydrogens (tertiary/aromatic N) is 2. The fourth-order valence-electron chi connectivity index (χ4n) is 2.96. The molecular weight excluding hydrogens is 320 g/mol. The van der Waals surface area contributed by atoms with Crippen molar-refractivity contribution in [1.29, 1.82) is 0 Å². The molecule has 1 saturated carbocycles. The van der Waals surface area contributed by atoms with Crippen LogP contribution in [0.1, 0.15) is 41.6 Å². The van der Waals surface area contributed by atoms with Crippen LogP contribution in [0.2, 0.25) is 0 Å². The van der Waals surface area contributed by atoms with Crippen LogP contribution < -0.4 is 0 Å². The summed E-state index contributed by atoms with van der Waals surface area (Å²) in [6.07, 6.45) is 6.72. The third kappa shape index (κ3) is 4.09. The van der Waals surface area contributed by atoms with Gasteiger partial charge in [-0.1, -0.05) is 25.0 Å². The van der Waals surface area contributed by atoms with Gasteiger partial charge in [-0.25, -0.2) is 4.98 Å². The van der Waals surface area contributed by atoms with Gasteiger partial charge in [0, 0.05) is 25.0 Å². The number of carbonyl (C=O) groups excluding carboxylic acids is 1.